The molecule has 6 nitrogen and oxygen atoms in total. The number of aryl methyl sites for hydroxylation is 1. The van der Waals surface area contributed by atoms with Gasteiger partial charge in [0.25, 0.3) is 0 Å². The molecule has 0 spiro atoms. The van der Waals surface area contributed by atoms with Crippen LogP contribution in [-0.2, 0) is 26.0 Å². The van der Waals surface area contributed by atoms with E-state index in [1.54, 1.807) is 24.4 Å². The fourth-order valence-electron chi connectivity index (χ4n) is 1.27. The average molecular weight is 272 g/mol. The quantitative estimate of drug-likeness (QED) is 0.712. The summed E-state index contributed by atoms with van der Waals surface area (Å²) in [6.45, 7) is 0.0528. The molecule has 1 N–H and O–H groups in total. The number of hydrogen-bond donors (Lipinski definition) is 1. The van der Waals surface area contributed by atoms with Gasteiger partial charge in [-0.1, -0.05) is 6.07 Å². The van der Waals surface area contributed by atoms with E-state index >= 15 is 0 Å². The summed E-state index contributed by atoms with van der Waals surface area (Å²) in [5, 5.41) is 0. The molecule has 0 amide bonds. The van der Waals surface area contributed by atoms with Gasteiger partial charge in [0.2, 0.25) is 10.0 Å². The molecule has 0 aliphatic heterocycles. The highest BCUT2D eigenvalue weighted by atomic mass is 32.2. The Kier molecular flexibility index (Phi) is 5.73. The first-order chi connectivity index (χ1) is 8.53. The van der Waals surface area contributed by atoms with E-state index in [0.717, 1.165) is 5.69 Å². The molecule has 1 rings (SSSR count). The van der Waals surface area contributed by atoms with Crippen LogP contribution < -0.4 is 4.72 Å². The Bertz CT molecular complexity index is 473. The van der Waals surface area contributed by atoms with E-state index in [2.05, 4.69) is 14.4 Å². The standard InChI is InChI=1S/C11H16N2O4S/c1-17-11(14)5-8-13-18(15,16)9-6-10-4-2-3-7-12-10/h2-4,7,13H,5-6,8-9H2,1H3. The topological polar surface area (TPSA) is 85.4 Å². The highest BCUT2D eigenvalue weighted by molar-refractivity contribution is 7.89. The second-order valence-electron chi connectivity index (χ2n) is 3.61. The van der Waals surface area contributed by atoms with Gasteiger partial charge in [0.05, 0.1) is 19.3 Å². The molecule has 0 atom stereocenters. The lowest BCUT2D eigenvalue weighted by atomic mass is 10.3. The first-order valence-corrected chi connectivity index (χ1v) is 7.13. The highest BCUT2D eigenvalue weighted by Crippen LogP contribution is 1.97. The molecule has 1 aromatic rings. The zero-order valence-corrected chi connectivity index (χ0v) is 10.9. The van der Waals surface area contributed by atoms with Crippen LogP contribution in [0.3, 0.4) is 0 Å². The molecule has 0 aromatic carbocycles. The molecule has 0 bridgehead atoms. The van der Waals surface area contributed by atoms with Gasteiger partial charge < -0.3 is 4.74 Å². The van der Waals surface area contributed by atoms with Gasteiger partial charge in [-0.15, -0.1) is 0 Å². The van der Waals surface area contributed by atoms with E-state index < -0.39 is 16.0 Å². The van der Waals surface area contributed by atoms with Crippen molar-refractivity contribution in [3.8, 4) is 0 Å². The smallest absolute Gasteiger partial charge is 0.306 e. The minimum absolute atomic E-state index is 0.0271. The van der Waals surface area contributed by atoms with Gasteiger partial charge in [0, 0.05) is 24.9 Å². The molecule has 0 unspecified atom stereocenters. The molecule has 0 radical (unpaired) electrons. The van der Waals surface area contributed by atoms with E-state index in [9.17, 15) is 13.2 Å². The summed E-state index contributed by atoms with van der Waals surface area (Å²) >= 11 is 0. The van der Waals surface area contributed by atoms with Crippen molar-refractivity contribution in [3.05, 3.63) is 30.1 Å². The summed E-state index contributed by atoms with van der Waals surface area (Å²) in [5.41, 5.74) is 0.718. The number of nitrogens with zero attached hydrogens (tertiary/aromatic N) is 1. The summed E-state index contributed by atoms with van der Waals surface area (Å²) in [4.78, 5) is 14.8. The fraction of sp³-hybridized carbons (Fsp3) is 0.455. The van der Waals surface area contributed by atoms with Crippen LogP contribution in [0.1, 0.15) is 12.1 Å². The van der Waals surface area contributed by atoms with Crippen LogP contribution in [0.5, 0.6) is 0 Å². The van der Waals surface area contributed by atoms with Crippen molar-refractivity contribution in [1.82, 2.24) is 9.71 Å². The number of carbonyl (C=O) groups is 1. The molecular formula is C11H16N2O4S. The Morgan fingerprint density at radius 2 is 2.22 bits per heavy atom. The summed E-state index contributed by atoms with van der Waals surface area (Å²) in [7, 11) is -2.12. The van der Waals surface area contributed by atoms with Crippen LogP contribution >= 0.6 is 0 Å². The number of hydrogen-bond acceptors (Lipinski definition) is 5. The number of ether oxygens (including phenoxy) is 1. The van der Waals surface area contributed by atoms with E-state index in [0.29, 0.717) is 6.42 Å². The van der Waals surface area contributed by atoms with Crippen LogP contribution in [0.25, 0.3) is 0 Å². The third kappa shape index (κ3) is 5.74. The normalized spacial score (nSPS) is 11.2. The van der Waals surface area contributed by atoms with Gasteiger partial charge in [-0.25, -0.2) is 13.1 Å². The zero-order chi connectivity index (χ0) is 13.4. The largest absolute Gasteiger partial charge is 0.469 e. The number of pyridine rings is 1. The molecule has 0 fully saturated rings. The Hall–Kier alpha value is -1.47. The monoisotopic (exact) mass is 272 g/mol. The second-order valence-corrected chi connectivity index (χ2v) is 5.54. The molecule has 18 heavy (non-hydrogen) atoms. The maximum absolute atomic E-state index is 11.6. The molecule has 0 aliphatic rings. The maximum Gasteiger partial charge on any atom is 0.306 e. The zero-order valence-electron chi connectivity index (χ0n) is 10.1. The van der Waals surface area contributed by atoms with E-state index in [1.807, 2.05) is 0 Å². The Balaban J connectivity index is 2.34. The molecule has 0 saturated heterocycles. The van der Waals surface area contributed by atoms with Crippen LogP contribution in [0, 0.1) is 0 Å². The lowest BCUT2D eigenvalue weighted by molar-refractivity contribution is -0.140. The predicted molar refractivity (Wildman–Crippen MR) is 66.4 cm³/mol. The van der Waals surface area contributed by atoms with Crippen molar-refractivity contribution < 1.29 is 17.9 Å². The van der Waals surface area contributed by atoms with Crippen molar-refractivity contribution >= 4 is 16.0 Å². The van der Waals surface area contributed by atoms with Gasteiger partial charge in [-0.05, 0) is 12.1 Å². The minimum Gasteiger partial charge on any atom is -0.469 e. The Labute approximate surface area is 106 Å². The van der Waals surface area contributed by atoms with Crippen molar-refractivity contribution in [3.63, 3.8) is 0 Å². The van der Waals surface area contributed by atoms with Gasteiger partial charge in [-0.3, -0.25) is 9.78 Å². The number of methoxy groups -OCH3 is 1. The van der Waals surface area contributed by atoms with Crippen LogP contribution in [0.2, 0.25) is 0 Å². The van der Waals surface area contributed by atoms with Gasteiger partial charge in [0.15, 0.2) is 0 Å². The van der Waals surface area contributed by atoms with Gasteiger partial charge in [0.1, 0.15) is 0 Å². The number of esters is 1. The molecule has 0 aliphatic carbocycles. The summed E-state index contributed by atoms with van der Waals surface area (Å²) < 4.78 is 29.9. The van der Waals surface area contributed by atoms with Gasteiger partial charge in [-0.2, -0.15) is 0 Å². The van der Waals surface area contributed by atoms with Gasteiger partial charge >= 0.3 is 5.97 Å². The first kappa shape index (κ1) is 14.6. The van der Waals surface area contributed by atoms with Crippen LogP contribution in [0.4, 0.5) is 0 Å². The third-order valence-corrected chi connectivity index (χ3v) is 3.62. The molecule has 0 saturated carbocycles. The molecular weight excluding hydrogens is 256 g/mol. The Morgan fingerprint density at radius 1 is 1.44 bits per heavy atom. The second kappa shape index (κ2) is 7.07. The lowest BCUT2D eigenvalue weighted by Gasteiger charge is -2.05. The number of aromatic nitrogens is 1. The van der Waals surface area contributed by atoms with E-state index in [-0.39, 0.29) is 18.7 Å². The van der Waals surface area contributed by atoms with Crippen LogP contribution in [0.15, 0.2) is 24.4 Å². The lowest BCUT2D eigenvalue weighted by Crippen LogP contribution is -2.29. The molecule has 100 valence electrons. The minimum atomic E-state index is -3.38. The maximum atomic E-state index is 11.6. The molecule has 1 heterocycles. The number of nitrogens with one attached hydrogen (secondary N) is 1. The summed E-state index contributed by atoms with van der Waals surface area (Å²) in [6, 6.07) is 5.34. The fourth-order valence-corrected chi connectivity index (χ4v) is 2.30. The third-order valence-electron chi connectivity index (χ3n) is 2.23. The van der Waals surface area contributed by atoms with Crippen molar-refractivity contribution in [1.29, 1.82) is 0 Å². The van der Waals surface area contributed by atoms with Crippen molar-refractivity contribution in [2.24, 2.45) is 0 Å². The number of rotatable bonds is 7. The first-order valence-electron chi connectivity index (χ1n) is 5.47. The van der Waals surface area contributed by atoms with Crippen LogP contribution in [-0.4, -0.2) is 38.8 Å². The predicted octanol–water partition coefficient (Wildman–Crippen LogP) is 0.107. The van der Waals surface area contributed by atoms with Crippen molar-refractivity contribution in [2.45, 2.75) is 12.8 Å². The summed E-state index contributed by atoms with van der Waals surface area (Å²) in [6.07, 6.45) is 1.99. The SMILES string of the molecule is COC(=O)CCNS(=O)(=O)CCc1ccccn1. The molecule has 7 heteroatoms. The highest BCUT2D eigenvalue weighted by Gasteiger charge is 2.11. The number of carbonyl (C=O) groups excluding carboxylic acids is 1. The average Bonchev–Trinajstić information content (AvgIpc) is 2.37. The summed E-state index contributed by atoms with van der Waals surface area (Å²) in [5.74, 6) is -0.493. The van der Waals surface area contributed by atoms with E-state index in [1.165, 1.54) is 7.11 Å². The Morgan fingerprint density at radius 3 is 2.83 bits per heavy atom. The number of sulfonamides is 1. The van der Waals surface area contributed by atoms with E-state index in [4.69, 9.17) is 0 Å². The van der Waals surface area contributed by atoms with Crippen molar-refractivity contribution in [2.75, 3.05) is 19.4 Å². The molecule has 1 aromatic heterocycles.